The van der Waals surface area contributed by atoms with Gasteiger partial charge in [-0.15, -0.1) is 0 Å². The topological polar surface area (TPSA) is 46.6 Å². The fourth-order valence-corrected chi connectivity index (χ4v) is 4.17. The van der Waals surface area contributed by atoms with Gasteiger partial charge in [0.15, 0.2) is 0 Å². The molecular formula is C11H21NO3S. The summed E-state index contributed by atoms with van der Waals surface area (Å²) in [6, 6.07) is 0. The third-order valence-corrected chi connectivity index (χ3v) is 5.63. The van der Waals surface area contributed by atoms with Crippen LogP contribution in [0.25, 0.3) is 0 Å². The molecule has 1 saturated heterocycles. The molecule has 0 radical (unpaired) electrons. The van der Waals surface area contributed by atoms with E-state index in [1.165, 1.54) is 0 Å². The van der Waals surface area contributed by atoms with Gasteiger partial charge in [0.25, 0.3) is 0 Å². The Morgan fingerprint density at radius 3 is 2.56 bits per heavy atom. The Morgan fingerprint density at radius 1 is 1.31 bits per heavy atom. The molecule has 16 heavy (non-hydrogen) atoms. The highest BCUT2D eigenvalue weighted by Crippen LogP contribution is 2.32. The number of rotatable bonds is 6. The standard InChI is InChI=1S/C11H21NO3S/c1-2-6-12(8-10-5-7-15-9-10)16(13,14)11-3-4-11/h10-11H,2-9H2,1H3. The van der Waals surface area contributed by atoms with Gasteiger partial charge in [-0.25, -0.2) is 12.7 Å². The minimum absolute atomic E-state index is 0.0821. The molecule has 2 aliphatic rings. The van der Waals surface area contributed by atoms with Crippen LogP contribution in [0.4, 0.5) is 0 Å². The van der Waals surface area contributed by atoms with E-state index in [-0.39, 0.29) is 5.25 Å². The third-order valence-electron chi connectivity index (χ3n) is 3.26. The molecule has 5 heteroatoms. The van der Waals surface area contributed by atoms with Crippen LogP contribution in [0.15, 0.2) is 0 Å². The quantitative estimate of drug-likeness (QED) is 0.709. The zero-order chi connectivity index (χ0) is 11.6. The molecule has 1 aliphatic carbocycles. The lowest BCUT2D eigenvalue weighted by Crippen LogP contribution is -2.38. The lowest BCUT2D eigenvalue weighted by molar-refractivity contribution is 0.180. The smallest absolute Gasteiger partial charge is 0.216 e. The van der Waals surface area contributed by atoms with Crippen LogP contribution in [0.5, 0.6) is 0 Å². The fourth-order valence-electron chi connectivity index (χ4n) is 2.16. The van der Waals surface area contributed by atoms with Gasteiger partial charge >= 0.3 is 0 Å². The SMILES string of the molecule is CCCN(CC1CCOC1)S(=O)(=O)C1CC1. The number of ether oxygens (including phenoxy) is 1. The predicted molar refractivity (Wildman–Crippen MR) is 62.7 cm³/mol. The Balaban J connectivity index is 1.98. The Hall–Kier alpha value is -0.130. The monoisotopic (exact) mass is 247 g/mol. The van der Waals surface area contributed by atoms with Crippen molar-refractivity contribution in [2.45, 2.75) is 37.9 Å². The molecule has 0 aromatic heterocycles. The highest BCUT2D eigenvalue weighted by molar-refractivity contribution is 7.90. The van der Waals surface area contributed by atoms with E-state index in [1.807, 2.05) is 6.92 Å². The first-order chi connectivity index (χ1) is 7.64. The first-order valence-corrected chi connectivity index (χ1v) is 7.71. The van der Waals surface area contributed by atoms with E-state index in [0.717, 1.165) is 38.9 Å². The van der Waals surface area contributed by atoms with Crippen LogP contribution in [-0.2, 0) is 14.8 Å². The zero-order valence-electron chi connectivity index (χ0n) is 9.89. The molecule has 1 aliphatic heterocycles. The first-order valence-electron chi connectivity index (χ1n) is 6.21. The molecule has 1 atom stereocenters. The summed E-state index contributed by atoms with van der Waals surface area (Å²) in [5.41, 5.74) is 0. The molecule has 0 aromatic carbocycles. The van der Waals surface area contributed by atoms with E-state index in [2.05, 4.69) is 0 Å². The molecule has 0 N–H and O–H groups in total. The maximum absolute atomic E-state index is 12.2. The van der Waals surface area contributed by atoms with Gasteiger partial charge in [-0.2, -0.15) is 0 Å². The van der Waals surface area contributed by atoms with Crippen molar-refractivity contribution in [1.82, 2.24) is 4.31 Å². The fraction of sp³-hybridized carbons (Fsp3) is 1.00. The van der Waals surface area contributed by atoms with Crippen molar-refractivity contribution in [3.05, 3.63) is 0 Å². The van der Waals surface area contributed by atoms with E-state index in [4.69, 9.17) is 4.74 Å². The van der Waals surface area contributed by atoms with Crippen molar-refractivity contribution >= 4 is 10.0 Å². The summed E-state index contributed by atoms with van der Waals surface area (Å²) < 4.78 is 31.3. The second-order valence-electron chi connectivity index (χ2n) is 4.83. The van der Waals surface area contributed by atoms with Crippen LogP contribution in [0.2, 0.25) is 0 Å². The van der Waals surface area contributed by atoms with Crippen molar-refractivity contribution in [3.8, 4) is 0 Å². The highest BCUT2D eigenvalue weighted by Gasteiger charge is 2.40. The van der Waals surface area contributed by atoms with Gasteiger partial charge in [-0.05, 0) is 31.6 Å². The van der Waals surface area contributed by atoms with Crippen molar-refractivity contribution < 1.29 is 13.2 Å². The van der Waals surface area contributed by atoms with Crippen LogP contribution >= 0.6 is 0 Å². The average Bonchev–Trinajstić information content (AvgIpc) is 2.99. The Labute approximate surface area is 98.0 Å². The minimum atomic E-state index is -3.00. The Morgan fingerprint density at radius 2 is 2.06 bits per heavy atom. The van der Waals surface area contributed by atoms with Crippen LogP contribution in [0.3, 0.4) is 0 Å². The molecule has 0 spiro atoms. The summed E-state index contributed by atoms with van der Waals surface area (Å²) in [4.78, 5) is 0. The van der Waals surface area contributed by atoms with E-state index in [9.17, 15) is 8.42 Å². The first kappa shape index (κ1) is 12.3. The molecule has 2 fully saturated rings. The highest BCUT2D eigenvalue weighted by atomic mass is 32.2. The molecule has 4 nitrogen and oxygen atoms in total. The zero-order valence-corrected chi connectivity index (χ0v) is 10.7. The predicted octanol–water partition coefficient (Wildman–Crippen LogP) is 1.23. The van der Waals surface area contributed by atoms with Gasteiger partial charge < -0.3 is 4.74 Å². The molecule has 0 aromatic rings. The Bertz CT molecular complexity index is 318. The van der Waals surface area contributed by atoms with Gasteiger partial charge in [-0.3, -0.25) is 0 Å². The number of hydrogen-bond acceptors (Lipinski definition) is 3. The van der Waals surface area contributed by atoms with Gasteiger partial charge in [0, 0.05) is 19.7 Å². The summed E-state index contributed by atoms with van der Waals surface area (Å²) in [5.74, 6) is 0.403. The lowest BCUT2D eigenvalue weighted by Gasteiger charge is -2.24. The maximum atomic E-state index is 12.2. The number of sulfonamides is 1. The lowest BCUT2D eigenvalue weighted by atomic mass is 10.1. The molecule has 1 unspecified atom stereocenters. The van der Waals surface area contributed by atoms with Crippen LogP contribution in [0, 0.1) is 5.92 Å². The molecule has 0 amide bonds. The molecule has 0 bridgehead atoms. The van der Waals surface area contributed by atoms with Crippen molar-refractivity contribution in [2.24, 2.45) is 5.92 Å². The molecule has 1 heterocycles. The summed E-state index contributed by atoms with van der Waals surface area (Å²) in [6.45, 7) is 4.86. The van der Waals surface area contributed by atoms with Gasteiger partial charge in [0.1, 0.15) is 0 Å². The van der Waals surface area contributed by atoms with E-state index < -0.39 is 10.0 Å². The Kier molecular flexibility index (Phi) is 3.87. The summed E-state index contributed by atoms with van der Waals surface area (Å²) in [6.07, 6.45) is 3.59. The van der Waals surface area contributed by atoms with Gasteiger partial charge in [0.2, 0.25) is 10.0 Å². The normalized spacial score (nSPS) is 26.5. The second kappa shape index (κ2) is 5.02. The number of nitrogens with zero attached hydrogens (tertiary/aromatic N) is 1. The van der Waals surface area contributed by atoms with Crippen LogP contribution in [-0.4, -0.2) is 44.3 Å². The average molecular weight is 247 g/mol. The molecule has 94 valence electrons. The summed E-state index contributed by atoms with van der Waals surface area (Å²) >= 11 is 0. The van der Waals surface area contributed by atoms with Crippen molar-refractivity contribution in [3.63, 3.8) is 0 Å². The largest absolute Gasteiger partial charge is 0.381 e. The summed E-state index contributed by atoms with van der Waals surface area (Å²) in [5, 5.41) is -0.0821. The molecule has 2 rings (SSSR count). The van der Waals surface area contributed by atoms with Gasteiger partial charge in [0.05, 0.1) is 11.9 Å². The van der Waals surface area contributed by atoms with E-state index in [1.54, 1.807) is 4.31 Å². The molecule has 1 saturated carbocycles. The minimum Gasteiger partial charge on any atom is -0.381 e. The van der Waals surface area contributed by atoms with Crippen molar-refractivity contribution in [1.29, 1.82) is 0 Å². The summed E-state index contributed by atoms with van der Waals surface area (Å²) in [7, 11) is -3.00. The van der Waals surface area contributed by atoms with Gasteiger partial charge in [-0.1, -0.05) is 6.92 Å². The van der Waals surface area contributed by atoms with E-state index in [0.29, 0.717) is 19.0 Å². The van der Waals surface area contributed by atoms with Crippen LogP contribution in [0.1, 0.15) is 32.6 Å². The number of hydrogen-bond donors (Lipinski definition) is 0. The molecular weight excluding hydrogens is 226 g/mol. The third kappa shape index (κ3) is 2.76. The van der Waals surface area contributed by atoms with E-state index >= 15 is 0 Å². The van der Waals surface area contributed by atoms with Crippen molar-refractivity contribution in [2.75, 3.05) is 26.3 Å². The second-order valence-corrected chi connectivity index (χ2v) is 7.04. The maximum Gasteiger partial charge on any atom is 0.216 e. The van der Waals surface area contributed by atoms with Crippen LogP contribution < -0.4 is 0 Å².